The van der Waals surface area contributed by atoms with Gasteiger partial charge in [-0.1, -0.05) is 6.07 Å². The number of carbonyl (C=O) groups is 3. The largest absolute Gasteiger partial charge is 0.465 e. The van der Waals surface area contributed by atoms with Crippen LogP contribution in [-0.4, -0.2) is 34.9 Å². The molecule has 0 bridgehead atoms. The third-order valence-electron chi connectivity index (χ3n) is 6.27. The summed E-state index contributed by atoms with van der Waals surface area (Å²) in [6, 6.07) is 6.47. The Morgan fingerprint density at radius 2 is 1.74 bits per heavy atom. The number of amides is 2. The zero-order valence-corrected chi connectivity index (χ0v) is 18.0. The van der Waals surface area contributed by atoms with E-state index in [2.05, 4.69) is 15.7 Å². The highest BCUT2D eigenvalue weighted by Crippen LogP contribution is 2.39. The molecule has 31 heavy (non-hydrogen) atoms. The van der Waals surface area contributed by atoms with Crippen molar-refractivity contribution in [1.82, 2.24) is 0 Å². The fourth-order valence-corrected chi connectivity index (χ4v) is 6.79. The molecule has 0 fully saturated rings. The summed E-state index contributed by atoms with van der Waals surface area (Å²) >= 11 is 0. The van der Waals surface area contributed by atoms with E-state index in [1.807, 2.05) is 0 Å². The second-order valence-electron chi connectivity index (χ2n) is 8.17. The Labute approximate surface area is 180 Å². The summed E-state index contributed by atoms with van der Waals surface area (Å²) in [6.07, 6.45) is 5.98. The van der Waals surface area contributed by atoms with Crippen LogP contribution in [0, 0.1) is 0 Å². The Hall–Kier alpha value is -3.00. The summed E-state index contributed by atoms with van der Waals surface area (Å²) in [5.41, 5.74) is 6.12. The van der Waals surface area contributed by atoms with Crippen molar-refractivity contribution in [2.24, 2.45) is 4.36 Å². The van der Waals surface area contributed by atoms with Crippen molar-refractivity contribution in [3.63, 3.8) is 0 Å². The lowest BCUT2D eigenvalue weighted by Crippen LogP contribution is -2.24. The van der Waals surface area contributed by atoms with Gasteiger partial charge in [-0.25, -0.2) is 9.00 Å². The van der Waals surface area contributed by atoms with Gasteiger partial charge >= 0.3 is 5.97 Å². The van der Waals surface area contributed by atoms with E-state index in [-0.39, 0.29) is 16.0 Å². The Bertz CT molecular complexity index is 1260. The number of fused-ring (bicyclic) bond motifs is 3. The molecule has 7 nitrogen and oxygen atoms in total. The van der Waals surface area contributed by atoms with Crippen LogP contribution in [0.5, 0.6) is 0 Å². The topological polar surface area (TPSA) is 102 Å². The quantitative estimate of drug-likeness (QED) is 0.739. The van der Waals surface area contributed by atoms with E-state index in [0.29, 0.717) is 0 Å². The van der Waals surface area contributed by atoms with Crippen molar-refractivity contribution in [3.8, 4) is 0 Å². The average molecular weight is 439 g/mol. The summed E-state index contributed by atoms with van der Waals surface area (Å²) in [5.74, 6) is -2.11. The summed E-state index contributed by atoms with van der Waals surface area (Å²) in [5, 5.41) is 3.01. The minimum Gasteiger partial charge on any atom is -0.465 e. The number of rotatable bonds is 4. The van der Waals surface area contributed by atoms with Crippen LogP contribution < -0.4 is 5.32 Å². The highest BCUT2D eigenvalue weighted by molar-refractivity contribution is 7.95. The smallest absolute Gasteiger partial charge is 0.337 e. The predicted octanol–water partition coefficient (Wildman–Crippen LogP) is 3.07. The van der Waals surface area contributed by atoms with Crippen LogP contribution >= 0.6 is 0 Å². The molecule has 0 radical (unpaired) electrons. The van der Waals surface area contributed by atoms with E-state index in [4.69, 9.17) is 4.74 Å². The number of ether oxygens (including phenoxy) is 1. The second-order valence-corrected chi connectivity index (χ2v) is 10.4. The Morgan fingerprint density at radius 3 is 2.39 bits per heavy atom. The van der Waals surface area contributed by atoms with Gasteiger partial charge in [-0.15, -0.1) is 0 Å². The second kappa shape index (κ2) is 7.30. The minimum absolute atomic E-state index is 0.124. The average Bonchev–Trinajstić information content (AvgIpc) is 3.46. The van der Waals surface area contributed by atoms with Crippen molar-refractivity contribution in [3.05, 3.63) is 57.6 Å². The molecular formula is C23H22N2O5S. The van der Waals surface area contributed by atoms with E-state index in [0.717, 1.165) is 44.2 Å². The molecule has 0 saturated carbocycles. The normalized spacial score (nSPS) is 20.6. The van der Waals surface area contributed by atoms with Gasteiger partial charge in [-0.2, -0.15) is 4.36 Å². The Kier molecular flexibility index (Phi) is 4.69. The summed E-state index contributed by atoms with van der Waals surface area (Å²) in [7, 11) is -2.08. The van der Waals surface area contributed by atoms with Crippen LogP contribution in [0.4, 0.5) is 5.69 Å². The summed E-state index contributed by atoms with van der Waals surface area (Å²) in [6.45, 7) is 0. The van der Waals surface area contributed by atoms with Crippen molar-refractivity contribution in [1.29, 1.82) is 0 Å². The number of benzene rings is 2. The number of methoxy groups -OCH3 is 1. The van der Waals surface area contributed by atoms with E-state index in [1.165, 1.54) is 47.6 Å². The Morgan fingerprint density at radius 1 is 1.06 bits per heavy atom. The van der Waals surface area contributed by atoms with E-state index in [1.54, 1.807) is 0 Å². The molecule has 2 aliphatic carbocycles. The lowest BCUT2D eigenvalue weighted by atomic mass is 9.98. The molecule has 1 aliphatic heterocycles. The molecule has 1 unspecified atom stereocenters. The van der Waals surface area contributed by atoms with Crippen LogP contribution in [0.15, 0.2) is 33.5 Å². The fraction of sp³-hybridized carbons (Fsp3) is 0.348. The third-order valence-corrected chi connectivity index (χ3v) is 8.41. The van der Waals surface area contributed by atoms with Gasteiger partial charge in [0.15, 0.2) is 0 Å². The van der Waals surface area contributed by atoms with Crippen LogP contribution in [-0.2, 0) is 44.9 Å². The molecule has 160 valence electrons. The lowest BCUT2D eigenvalue weighted by molar-refractivity contribution is -0.113. The molecule has 0 aromatic heterocycles. The van der Waals surface area contributed by atoms with Gasteiger partial charge in [0.1, 0.15) is 5.75 Å². The van der Waals surface area contributed by atoms with E-state index in [9.17, 15) is 18.6 Å². The molecule has 1 N–H and O–H groups in total. The van der Waals surface area contributed by atoms with Crippen LogP contribution in [0.3, 0.4) is 0 Å². The maximum absolute atomic E-state index is 13.5. The summed E-state index contributed by atoms with van der Waals surface area (Å²) in [4.78, 5) is 37.3. The number of aryl methyl sites for hydroxylation is 2. The van der Waals surface area contributed by atoms with Gasteiger partial charge in [-0.3, -0.25) is 9.59 Å². The van der Waals surface area contributed by atoms with Crippen LogP contribution in [0.1, 0.15) is 55.8 Å². The molecule has 2 aromatic rings. The highest BCUT2D eigenvalue weighted by atomic mass is 32.2. The van der Waals surface area contributed by atoms with Crippen LogP contribution in [0.25, 0.3) is 0 Å². The highest BCUT2D eigenvalue weighted by Gasteiger charge is 2.33. The van der Waals surface area contributed by atoms with Crippen LogP contribution in [0.2, 0.25) is 0 Å². The number of nitrogens with one attached hydrogen (secondary N) is 1. The lowest BCUT2D eigenvalue weighted by Gasteiger charge is -2.16. The molecule has 1 atom stereocenters. The first kappa shape index (κ1) is 19.9. The molecule has 0 saturated heterocycles. The maximum Gasteiger partial charge on any atom is 0.337 e. The number of nitrogens with zero attached hydrogens (tertiary/aromatic N) is 1. The fourth-order valence-electron chi connectivity index (χ4n) is 4.87. The van der Waals surface area contributed by atoms with Gasteiger partial charge in [0.25, 0.3) is 5.91 Å². The SMILES string of the molecule is COC(=O)c1ccc2c(c1)S(=O)(CC(=O)Nc1c3c(cc4c1CCC4)CCC3)=NC2=O. The van der Waals surface area contributed by atoms with Crippen molar-refractivity contribution >= 4 is 33.2 Å². The van der Waals surface area contributed by atoms with Gasteiger partial charge in [0, 0.05) is 5.69 Å². The van der Waals surface area contributed by atoms with E-state index < -0.39 is 33.3 Å². The minimum atomic E-state index is -3.32. The number of anilines is 1. The molecule has 0 spiro atoms. The summed E-state index contributed by atoms with van der Waals surface area (Å²) < 4.78 is 22.1. The van der Waals surface area contributed by atoms with Crippen molar-refractivity contribution in [2.45, 2.75) is 43.4 Å². The van der Waals surface area contributed by atoms with Gasteiger partial charge in [0.05, 0.1) is 32.9 Å². The van der Waals surface area contributed by atoms with Gasteiger partial charge in [0.2, 0.25) is 5.91 Å². The maximum atomic E-state index is 13.5. The number of esters is 1. The third kappa shape index (κ3) is 3.26. The molecular weight excluding hydrogens is 416 g/mol. The zero-order valence-electron chi connectivity index (χ0n) is 17.2. The Balaban J connectivity index is 1.47. The number of hydrogen-bond donors (Lipinski definition) is 1. The first-order valence-electron chi connectivity index (χ1n) is 10.4. The standard InChI is InChI=1S/C23H22N2O5S/c1-30-23(28)15-8-9-18-19(11-15)31(29,25-22(18)27)12-20(26)24-21-16-6-2-4-13(16)10-14-5-3-7-17(14)21/h8-11H,2-7,12H2,1H3,(H,24,26). The van der Waals surface area contributed by atoms with Gasteiger partial charge < -0.3 is 10.1 Å². The van der Waals surface area contributed by atoms with Crippen molar-refractivity contribution < 1.29 is 23.3 Å². The molecule has 8 heteroatoms. The van der Waals surface area contributed by atoms with Gasteiger partial charge in [-0.05, 0) is 79.0 Å². The van der Waals surface area contributed by atoms with E-state index >= 15 is 0 Å². The first-order chi connectivity index (χ1) is 14.9. The first-order valence-corrected chi connectivity index (χ1v) is 12.1. The molecule has 5 rings (SSSR count). The molecule has 2 amide bonds. The zero-order chi connectivity index (χ0) is 21.8. The van der Waals surface area contributed by atoms with Crippen molar-refractivity contribution in [2.75, 3.05) is 18.2 Å². The molecule has 3 aliphatic rings. The molecule has 1 heterocycles. The predicted molar refractivity (Wildman–Crippen MR) is 115 cm³/mol. The number of carbonyl (C=O) groups excluding carboxylic acids is 3. The monoisotopic (exact) mass is 438 g/mol. The molecule has 2 aromatic carbocycles. The number of hydrogen-bond acceptors (Lipinski definition) is 5.